The van der Waals surface area contributed by atoms with Crippen molar-refractivity contribution >= 4 is 45.3 Å². The Morgan fingerprint density at radius 2 is 1.77 bits per heavy atom. The van der Waals surface area contributed by atoms with Crippen molar-refractivity contribution in [2.24, 2.45) is 0 Å². The highest BCUT2D eigenvalue weighted by Gasteiger charge is 2.44. The molecule has 1 amide bonds. The lowest BCUT2D eigenvalue weighted by Gasteiger charge is -2.38. The summed E-state index contributed by atoms with van der Waals surface area (Å²) in [4.78, 5) is 16.7. The number of nitrogen functional groups attached to an aromatic ring is 1. The Labute approximate surface area is 276 Å². The predicted molar refractivity (Wildman–Crippen MR) is 163 cm³/mol. The minimum atomic E-state index is -5.10. The van der Waals surface area contributed by atoms with Crippen molar-refractivity contribution in [3.63, 3.8) is 0 Å². The third kappa shape index (κ3) is 8.73. The van der Waals surface area contributed by atoms with Crippen molar-refractivity contribution in [3.05, 3.63) is 40.9 Å². The van der Waals surface area contributed by atoms with Crippen LogP contribution in [0.25, 0.3) is 11.1 Å². The fourth-order valence-corrected chi connectivity index (χ4v) is 7.25. The van der Waals surface area contributed by atoms with E-state index in [9.17, 15) is 39.6 Å². The average Bonchev–Trinajstić information content (AvgIpc) is 3.37. The highest BCUT2D eigenvalue weighted by Crippen LogP contribution is 2.45. The Morgan fingerprint density at radius 3 is 2.29 bits per heavy atom. The minimum Gasteiger partial charge on any atom is -0.495 e. The maximum atomic E-state index is 14.4. The molecule has 0 saturated carbocycles. The van der Waals surface area contributed by atoms with Crippen molar-refractivity contribution in [2.45, 2.75) is 62.5 Å². The molecular weight excluding hydrogens is 696 g/mol. The number of likely N-dealkylation sites (tertiary alicyclic amines) is 1. The smallest absolute Gasteiger partial charge is 0.417 e. The molecule has 1 aliphatic heterocycles. The van der Waals surface area contributed by atoms with Crippen molar-refractivity contribution < 1.29 is 49.0 Å². The van der Waals surface area contributed by atoms with Crippen LogP contribution in [0.2, 0.25) is 5.02 Å². The lowest BCUT2D eigenvalue weighted by molar-refractivity contribution is -0.140. The monoisotopic (exact) mass is 727 g/mol. The highest BCUT2D eigenvalue weighted by atomic mass is 35.5. The first-order valence-electron chi connectivity index (χ1n) is 14.2. The average molecular weight is 728 g/mol. The van der Waals surface area contributed by atoms with Crippen molar-refractivity contribution in [1.82, 2.24) is 24.4 Å². The number of carbonyl (C=O) groups is 1. The normalized spacial score (nSPS) is 15.1. The lowest BCUT2D eigenvalue weighted by Crippen LogP contribution is -2.51. The number of hydrogen-bond donors (Lipinski definition) is 3. The molecule has 4 N–H and O–H groups in total. The number of piperidine rings is 1. The van der Waals surface area contributed by atoms with Gasteiger partial charge in [-0.3, -0.25) is 0 Å². The summed E-state index contributed by atoms with van der Waals surface area (Å²) in [6.07, 6.45) is -11.1. The SMILES string of the molecule is COc1ccc(-c2c(Cl)cc(Nc3n[nH]c(N)n3)cc2C(F)(F)F)cc1S(=O)(=O)N(CC(F)(F)F)C1CCN(C(=O)OC(C)(C)C)CC1. The number of alkyl halides is 6. The van der Waals surface area contributed by atoms with E-state index in [0.29, 0.717) is 6.07 Å². The number of rotatable bonds is 8. The van der Waals surface area contributed by atoms with Crippen LogP contribution in [0.15, 0.2) is 35.2 Å². The van der Waals surface area contributed by atoms with Crippen molar-refractivity contribution in [2.75, 3.05) is 37.8 Å². The Hall–Kier alpha value is -3.97. The summed E-state index contributed by atoms with van der Waals surface area (Å²) in [5, 5.41) is 8.05. The second-order valence-corrected chi connectivity index (χ2v) is 14.0. The second kappa shape index (κ2) is 13.5. The molecule has 0 aliphatic carbocycles. The van der Waals surface area contributed by atoms with E-state index < -0.39 is 73.5 Å². The maximum Gasteiger partial charge on any atom is 0.417 e. The van der Waals surface area contributed by atoms with Gasteiger partial charge in [0.25, 0.3) is 0 Å². The molecule has 1 aromatic heterocycles. The van der Waals surface area contributed by atoms with E-state index in [1.54, 1.807) is 20.8 Å². The summed E-state index contributed by atoms with van der Waals surface area (Å²) in [7, 11) is -4.03. The molecule has 0 bridgehead atoms. The number of nitrogens with one attached hydrogen (secondary N) is 2. The summed E-state index contributed by atoms with van der Waals surface area (Å²) < 4.78 is 124. The molecular formula is C28H32ClF6N7O5S. The number of carbonyl (C=O) groups excluding carboxylic acids is 1. The number of amides is 1. The Balaban J connectivity index is 1.76. The first-order valence-corrected chi connectivity index (χ1v) is 16.0. The van der Waals surface area contributed by atoms with Crippen LogP contribution in [0.4, 0.5) is 48.7 Å². The zero-order valence-corrected chi connectivity index (χ0v) is 27.5. The lowest BCUT2D eigenvalue weighted by atomic mass is 9.98. The van der Waals surface area contributed by atoms with Gasteiger partial charge in [0.2, 0.25) is 21.9 Å². The van der Waals surface area contributed by atoms with Crippen LogP contribution >= 0.6 is 11.6 Å². The fourth-order valence-electron chi connectivity index (χ4n) is 5.07. The number of aromatic nitrogens is 3. The standard InChI is InChI=1S/C28H32ClF6N7O5S/c1-26(2,3)47-25(43)41-9-7-17(8-10-41)42(14-27(30,31)32)48(44,45)21-11-15(5-6-20(21)46-4)22-18(28(33,34)35)12-16(13-19(22)29)37-24-38-23(36)39-40-24/h5-6,11-13,17H,7-10,14H2,1-4H3,(H4,36,37,38,39,40). The topological polar surface area (TPSA) is 156 Å². The van der Waals surface area contributed by atoms with Crippen LogP contribution in [0.5, 0.6) is 5.75 Å². The van der Waals surface area contributed by atoms with E-state index in [-0.39, 0.29) is 53.4 Å². The van der Waals surface area contributed by atoms with Gasteiger partial charge in [-0.25, -0.2) is 18.3 Å². The number of halogens is 7. The number of nitrogens with two attached hydrogens (primary N) is 1. The van der Waals surface area contributed by atoms with E-state index >= 15 is 0 Å². The molecule has 1 fully saturated rings. The summed E-state index contributed by atoms with van der Waals surface area (Å²) in [6, 6.07) is 3.47. The van der Waals surface area contributed by atoms with Gasteiger partial charge in [-0.1, -0.05) is 17.7 Å². The first-order chi connectivity index (χ1) is 22.1. The van der Waals surface area contributed by atoms with E-state index in [0.717, 1.165) is 31.4 Å². The highest BCUT2D eigenvalue weighted by molar-refractivity contribution is 7.89. The fraction of sp³-hybridized carbons (Fsp3) is 0.464. The van der Waals surface area contributed by atoms with E-state index in [4.69, 9.17) is 26.8 Å². The Morgan fingerprint density at radius 1 is 1.12 bits per heavy atom. The molecule has 0 spiro atoms. The molecule has 4 rings (SSSR count). The maximum absolute atomic E-state index is 14.4. The van der Waals surface area contributed by atoms with Gasteiger partial charge in [0, 0.05) is 30.4 Å². The molecule has 48 heavy (non-hydrogen) atoms. The molecule has 3 aromatic rings. The van der Waals surface area contributed by atoms with Gasteiger partial charge in [0.1, 0.15) is 22.8 Å². The quantitative estimate of drug-likeness (QED) is 0.223. The zero-order chi connectivity index (χ0) is 35.8. The number of aromatic amines is 1. The number of ether oxygens (including phenoxy) is 2. The van der Waals surface area contributed by atoms with Gasteiger partial charge in [0.15, 0.2) is 0 Å². The zero-order valence-electron chi connectivity index (χ0n) is 26.0. The third-order valence-corrected chi connectivity index (χ3v) is 9.27. The van der Waals surface area contributed by atoms with Crippen LogP contribution in [0.3, 0.4) is 0 Å². The molecule has 1 saturated heterocycles. The van der Waals surface area contributed by atoms with Gasteiger partial charge in [0.05, 0.1) is 17.7 Å². The number of sulfonamides is 1. The van der Waals surface area contributed by atoms with Crippen molar-refractivity contribution in [3.8, 4) is 16.9 Å². The molecule has 2 aromatic carbocycles. The van der Waals surface area contributed by atoms with Crippen LogP contribution < -0.4 is 15.8 Å². The predicted octanol–water partition coefficient (Wildman–Crippen LogP) is 6.43. The molecule has 2 heterocycles. The second-order valence-electron chi connectivity index (χ2n) is 11.8. The molecule has 20 heteroatoms. The minimum absolute atomic E-state index is 0.105. The van der Waals surface area contributed by atoms with Crippen LogP contribution in [0.1, 0.15) is 39.2 Å². The molecule has 0 unspecified atom stereocenters. The number of methoxy groups -OCH3 is 1. The number of nitrogens with zero attached hydrogens (tertiary/aromatic N) is 4. The molecule has 12 nitrogen and oxygen atoms in total. The summed E-state index contributed by atoms with van der Waals surface area (Å²) >= 11 is 6.34. The van der Waals surface area contributed by atoms with Gasteiger partial charge < -0.3 is 25.4 Å². The van der Waals surface area contributed by atoms with Crippen molar-refractivity contribution in [1.29, 1.82) is 0 Å². The summed E-state index contributed by atoms with van der Waals surface area (Å²) in [6.45, 7) is 2.81. The largest absolute Gasteiger partial charge is 0.495 e. The molecule has 0 radical (unpaired) electrons. The molecule has 264 valence electrons. The van der Waals surface area contributed by atoms with Gasteiger partial charge in [-0.15, -0.1) is 5.10 Å². The van der Waals surface area contributed by atoms with Gasteiger partial charge in [-0.05, 0) is 63.4 Å². The van der Waals surface area contributed by atoms with E-state index in [1.165, 1.54) is 4.90 Å². The Bertz CT molecular complexity index is 1750. The van der Waals surface area contributed by atoms with Crippen LogP contribution in [-0.2, 0) is 20.9 Å². The Kier molecular flexibility index (Phi) is 10.4. The number of benzene rings is 2. The number of hydrogen-bond acceptors (Lipinski definition) is 9. The third-order valence-electron chi connectivity index (χ3n) is 7.05. The first kappa shape index (κ1) is 36.9. The van der Waals surface area contributed by atoms with E-state index in [1.807, 2.05) is 0 Å². The van der Waals surface area contributed by atoms with E-state index in [2.05, 4.69) is 20.5 Å². The molecule has 1 aliphatic rings. The summed E-state index contributed by atoms with van der Waals surface area (Å²) in [5.41, 5.74) is 2.12. The van der Waals surface area contributed by atoms with Crippen LogP contribution in [0, 0.1) is 0 Å². The number of H-pyrrole nitrogens is 1. The number of anilines is 3. The van der Waals surface area contributed by atoms with Gasteiger partial charge >= 0.3 is 18.4 Å². The summed E-state index contributed by atoms with van der Waals surface area (Å²) in [5.74, 6) is -0.692. The van der Waals surface area contributed by atoms with Gasteiger partial charge in [-0.2, -0.15) is 35.6 Å². The molecule has 0 atom stereocenters. The van der Waals surface area contributed by atoms with Crippen LogP contribution in [-0.4, -0.2) is 83.5 Å².